The average Bonchev–Trinajstić information content (AvgIpc) is 2.71. The number of anilines is 1. The Morgan fingerprint density at radius 3 is 2.50 bits per heavy atom. The van der Waals surface area contributed by atoms with Gasteiger partial charge >= 0.3 is 0 Å². The highest BCUT2D eigenvalue weighted by atomic mass is 35.5. The summed E-state index contributed by atoms with van der Waals surface area (Å²) in [5.41, 5.74) is 0.147. The van der Waals surface area contributed by atoms with Crippen molar-refractivity contribution in [2.45, 2.75) is 0 Å². The van der Waals surface area contributed by atoms with Gasteiger partial charge in [-0.3, -0.25) is 9.10 Å². The third-order valence-electron chi connectivity index (χ3n) is 4.30. The normalized spacial score (nSPS) is 11.3. The number of amides is 1. The van der Waals surface area contributed by atoms with Gasteiger partial charge in [0.05, 0.1) is 28.5 Å². The fourth-order valence-electron chi connectivity index (χ4n) is 2.87. The van der Waals surface area contributed by atoms with Crippen LogP contribution in [0, 0.1) is 0 Å². The van der Waals surface area contributed by atoms with Crippen molar-refractivity contribution in [2.75, 3.05) is 30.3 Å². The van der Waals surface area contributed by atoms with Gasteiger partial charge in [-0.25, -0.2) is 8.42 Å². The minimum Gasteiger partial charge on any atom is -0.492 e. The maximum Gasteiger partial charge on any atom is 0.240 e. The van der Waals surface area contributed by atoms with Crippen LogP contribution >= 0.6 is 23.2 Å². The number of carbonyl (C=O) groups is 1. The van der Waals surface area contributed by atoms with Crippen LogP contribution in [0.15, 0.2) is 60.7 Å². The van der Waals surface area contributed by atoms with E-state index in [9.17, 15) is 13.2 Å². The van der Waals surface area contributed by atoms with Gasteiger partial charge in [-0.1, -0.05) is 59.6 Å². The number of ether oxygens (including phenoxy) is 1. The van der Waals surface area contributed by atoms with Crippen LogP contribution in [0.2, 0.25) is 10.0 Å². The Morgan fingerprint density at radius 1 is 1.03 bits per heavy atom. The van der Waals surface area contributed by atoms with E-state index in [4.69, 9.17) is 27.9 Å². The van der Waals surface area contributed by atoms with Crippen molar-refractivity contribution < 1.29 is 17.9 Å². The molecule has 0 radical (unpaired) electrons. The predicted molar refractivity (Wildman–Crippen MR) is 121 cm³/mol. The molecular weight excluding hydrogens is 447 g/mol. The van der Waals surface area contributed by atoms with E-state index in [1.807, 2.05) is 42.5 Å². The van der Waals surface area contributed by atoms with E-state index in [1.54, 1.807) is 6.07 Å². The number of sulfonamides is 1. The van der Waals surface area contributed by atoms with E-state index in [0.29, 0.717) is 5.75 Å². The fraction of sp³-hybridized carbons (Fsp3) is 0.190. The van der Waals surface area contributed by atoms with E-state index in [-0.39, 0.29) is 28.9 Å². The van der Waals surface area contributed by atoms with Crippen LogP contribution in [0.1, 0.15) is 0 Å². The summed E-state index contributed by atoms with van der Waals surface area (Å²) in [5.74, 6) is 0.199. The molecular formula is C21H20Cl2N2O4S. The molecule has 1 amide bonds. The largest absolute Gasteiger partial charge is 0.492 e. The minimum atomic E-state index is -3.75. The van der Waals surface area contributed by atoms with Crippen LogP contribution in [-0.2, 0) is 14.8 Å². The average molecular weight is 467 g/mol. The van der Waals surface area contributed by atoms with Gasteiger partial charge in [-0.15, -0.1) is 0 Å². The van der Waals surface area contributed by atoms with Crippen molar-refractivity contribution in [1.29, 1.82) is 0 Å². The number of hydrogen-bond acceptors (Lipinski definition) is 4. The van der Waals surface area contributed by atoms with Crippen LogP contribution in [0.5, 0.6) is 5.75 Å². The number of fused-ring (bicyclic) bond motifs is 1. The first-order valence-corrected chi connectivity index (χ1v) is 11.7. The van der Waals surface area contributed by atoms with E-state index in [2.05, 4.69) is 5.32 Å². The van der Waals surface area contributed by atoms with Crippen LogP contribution in [0.4, 0.5) is 5.69 Å². The molecule has 0 bridgehead atoms. The highest BCUT2D eigenvalue weighted by molar-refractivity contribution is 7.92. The maximum absolute atomic E-state index is 12.3. The van der Waals surface area contributed by atoms with Crippen molar-refractivity contribution in [3.63, 3.8) is 0 Å². The first kappa shape index (κ1) is 22.2. The zero-order valence-electron chi connectivity index (χ0n) is 16.1. The molecule has 158 valence electrons. The maximum atomic E-state index is 12.3. The summed E-state index contributed by atoms with van der Waals surface area (Å²) >= 11 is 12.1. The van der Waals surface area contributed by atoms with Crippen LogP contribution in [0.25, 0.3) is 10.8 Å². The second-order valence-electron chi connectivity index (χ2n) is 6.55. The molecule has 3 aromatic carbocycles. The highest BCUT2D eigenvalue weighted by Gasteiger charge is 2.23. The topological polar surface area (TPSA) is 75.7 Å². The molecule has 6 nitrogen and oxygen atoms in total. The lowest BCUT2D eigenvalue weighted by molar-refractivity contribution is -0.119. The first-order chi connectivity index (χ1) is 14.3. The van der Waals surface area contributed by atoms with Crippen LogP contribution in [-0.4, -0.2) is 40.3 Å². The molecule has 0 aliphatic carbocycles. The summed E-state index contributed by atoms with van der Waals surface area (Å²) in [6.07, 6.45) is 1.00. The monoisotopic (exact) mass is 466 g/mol. The number of rotatable bonds is 8. The lowest BCUT2D eigenvalue weighted by atomic mass is 10.1. The minimum absolute atomic E-state index is 0.0667. The molecule has 30 heavy (non-hydrogen) atoms. The molecule has 0 saturated carbocycles. The number of carbonyl (C=O) groups excluding carboxylic acids is 1. The van der Waals surface area contributed by atoms with Crippen molar-refractivity contribution in [1.82, 2.24) is 5.32 Å². The molecule has 0 fully saturated rings. The van der Waals surface area contributed by atoms with Gasteiger partial charge in [0, 0.05) is 0 Å². The zero-order chi connectivity index (χ0) is 21.7. The summed E-state index contributed by atoms with van der Waals surface area (Å²) in [7, 11) is -3.75. The SMILES string of the molecule is CS(=O)(=O)N(CC(=O)NCCOc1ccc2ccccc2c1)c1cccc(Cl)c1Cl. The van der Waals surface area contributed by atoms with Crippen molar-refractivity contribution in [3.8, 4) is 5.75 Å². The van der Waals surface area contributed by atoms with Gasteiger partial charge in [0.1, 0.15) is 18.9 Å². The molecule has 0 unspecified atom stereocenters. The highest BCUT2D eigenvalue weighted by Crippen LogP contribution is 2.33. The van der Waals surface area contributed by atoms with Gasteiger partial charge in [0.15, 0.2) is 0 Å². The zero-order valence-corrected chi connectivity index (χ0v) is 18.5. The smallest absolute Gasteiger partial charge is 0.240 e. The number of nitrogens with one attached hydrogen (secondary N) is 1. The Labute approximate surface area is 185 Å². The van der Waals surface area contributed by atoms with Crippen molar-refractivity contribution >= 4 is 55.6 Å². The molecule has 0 aliphatic rings. The number of halogens is 2. The van der Waals surface area contributed by atoms with Gasteiger partial charge in [-0.2, -0.15) is 0 Å². The van der Waals surface area contributed by atoms with Crippen LogP contribution in [0.3, 0.4) is 0 Å². The Bertz CT molecular complexity index is 1170. The first-order valence-electron chi connectivity index (χ1n) is 9.06. The van der Waals surface area contributed by atoms with Gasteiger partial charge in [0.2, 0.25) is 15.9 Å². The molecule has 0 heterocycles. The summed E-state index contributed by atoms with van der Waals surface area (Å²) < 4.78 is 30.9. The molecule has 0 saturated heterocycles. The molecule has 0 aromatic heterocycles. The molecule has 0 atom stereocenters. The van der Waals surface area contributed by atoms with Crippen LogP contribution < -0.4 is 14.4 Å². The number of hydrogen-bond donors (Lipinski definition) is 1. The lowest BCUT2D eigenvalue weighted by Crippen LogP contribution is -2.41. The molecule has 0 aliphatic heterocycles. The molecule has 9 heteroatoms. The summed E-state index contributed by atoms with van der Waals surface area (Å²) in [4.78, 5) is 12.3. The number of nitrogens with zero attached hydrogens (tertiary/aromatic N) is 1. The Morgan fingerprint density at radius 2 is 1.77 bits per heavy atom. The fourth-order valence-corrected chi connectivity index (χ4v) is 4.18. The van der Waals surface area contributed by atoms with Gasteiger partial charge in [0.25, 0.3) is 0 Å². The van der Waals surface area contributed by atoms with E-state index < -0.39 is 22.5 Å². The molecule has 0 spiro atoms. The second-order valence-corrected chi connectivity index (χ2v) is 9.24. The summed E-state index contributed by atoms with van der Waals surface area (Å²) in [6.45, 7) is 0.0300. The van der Waals surface area contributed by atoms with Crippen molar-refractivity contribution in [2.24, 2.45) is 0 Å². The quantitative estimate of drug-likeness (QED) is 0.506. The molecule has 3 aromatic rings. The lowest BCUT2D eigenvalue weighted by Gasteiger charge is -2.23. The molecule has 3 rings (SSSR count). The third kappa shape index (κ3) is 5.56. The van der Waals surface area contributed by atoms with E-state index in [1.165, 1.54) is 12.1 Å². The predicted octanol–water partition coefficient (Wildman–Crippen LogP) is 4.11. The third-order valence-corrected chi connectivity index (χ3v) is 6.24. The standard InChI is InChI=1S/C21H20Cl2N2O4S/c1-30(27,28)25(19-8-4-7-18(22)21(19)23)14-20(26)24-11-12-29-17-10-9-15-5-2-3-6-16(15)13-17/h2-10,13H,11-12,14H2,1H3,(H,24,26). The Hall–Kier alpha value is -2.48. The summed E-state index contributed by atoms with van der Waals surface area (Å²) in [5, 5.41) is 5.08. The Balaban J connectivity index is 1.57. The van der Waals surface area contributed by atoms with E-state index in [0.717, 1.165) is 21.3 Å². The van der Waals surface area contributed by atoms with E-state index >= 15 is 0 Å². The Kier molecular flexibility index (Phi) is 7.07. The van der Waals surface area contributed by atoms with Crippen molar-refractivity contribution in [3.05, 3.63) is 70.7 Å². The van der Waals surface area contributed by atoms with Gasteiger partial charge < -0.3 is 10.1 Å². The molecule has 1 N–H and O–H groups in total. The number of benzene rings is 3. The van der Waals surface area contributed by atoms with Gasteiger partial charge in [-0.05, 0) is 35.0 Å². The summed E-state index contributed by atoms with van der Waals surface area (Å²) in [6, 6.07) is 18.3. The second kappa shape index (κ2) is 9.55.